The van der Waals surface area contributed by atoms with Gasteiger partial charge in [-0.15, -0.1) is 11.3 Å². The summed E-state index contributed by atoms with van der Waals surface area (Å²) < 4.78 is 0. The van der Waals surface area contributed by atoms with E-state index in [2.05, 4.69) is 4.98 Å². The molecule has 1 aromatic heterocycles. The van der Waals surface area contributed by atoms with Crippen LogP contribution in [0.2, 0.25) is 0 Å². The minimum absolute atomic E-state index is 0.0531. The first-order valence-electron chi connectivity index (χ1n) is 5.59. The maximum absolute atomic E-state index is 12.2. The Bertz CT molecular complexity index is 514. The van der Waals surface area contributed by atoms with Crippen molar-refractivity contribution in [1.29, 1.82) is 0 Å². The number of thiazole rings is 1. The van der Waals surface area contributed by atoms with E-state index >= 15 is 0 Å². The molecule has 0 bridgehead atoms. The molecule has 1 unspecified atom stereocenters. The molecule has 1 saturated heterocycles. The largest absolute Gasteiger partial charge is 0.480 e. The summed E-state index contributed by atoms with van der Waals surface area (Å²) in [4.78, 5) is 29.5. The molecule has 0 aromatic carbocycles. The third-order valence-electron chi connectivity index (χ3n) is 3.11. The lowest BCUT2D eigenvalue weighted by Crippen LogP contribution is -2.50. The Labute approximate surface area is 108 Å². The molecule has 1 aromatic rings. The van der Waals surface area contributed by atoms with Crippen LogP contribution in [-0.4, -0.2) is 45.5 Å². The summed E-state index contributed by atoms with van der Waals surface area (Å²) in [6.07, 6.45) is 0.283. The highest BCUT2D eigenvalue weighted by Gasteiger charge is 2.43. The zero-order valence-electron chi connectivity index (χ0n) is 10.3. The molecule has 0 aliphatic carbocycles. The predicted molar refractivity (Wildman–Crippen MR) is 66.7 cm³/mol. The van der Waals surface area contributed by atoms with E-state index in [-0.39, 0.29) is 18.9 Å². The fourth-order valence-corrected chi connectivity index (χ4v) is 2.94. The molecule has 7 heteroatoms. The number of likely N-dealkylation sites (tertiary alicyclic amines) is 1. The number of rotatable bonds is 2. The average molecular weight is 269 g/mol. The molecule has 1 amide bonds. The molecule has 3 N–H and O–H groups in total. The van der Waals surface area contributed by atoms with Crippen molar-refractivity contribution in [2.24, 2.45) is 5.73 Å². The van der Waals surface area contributed by atoms with Gasteiger partial charge in [-0.1, -0.05) is 0 Å². The summed E-state index contributed by atoms with van der Waals surface area (Å²) in [6.45, 7) is 4.04. The van der Waals surface area contributed by atoms with Crippen molar-refractivity contribution in [2.45, 2.75) is 25.8 Å². The Balaban J connectivity index is 2.18. The molecule has 0 radical (unpaired) electrons. The third-order valence-corrected chi connectivity index (χ3v) is 4.17. The summed E-state index contributed by atoms with van der Waals surface area (Å²) in [5.74, 6) is -1.23. The lowest BCUT2D eigenvalue weighted by Gasteiger charge is -2.19. The van der Waals surface area contributed by atoms with Gasteiger partial charge in [-0.05, 0) is 20.3 Å². The van der Waals surface area contributed by atoms with Crippen molar-refractivity contribution < 1.29 is 14.7 Å². The number of amides is 1. The second kappa shape index (κ2) is 4.33. The maximum atomic E-state index is 12.2. The van der Waals surface area contributed by atoms with Gasteiger partial charge in [0.25, 0.3) is 5.91 Å². The summed E-state index contributed by atoms with van der Waals surface area (Å²) >= 11 is 1.33. The fourth-order valence-electron chi connectivity index (χ4n) is 2.05. The standard InChI is InChI=1S/C11H15N3O3S/c1-6-8(18-7(2)13-6)9(15)14-4-3-11(12,5-14)10(16)17/h3-5,12H2,1-2H3,(H,16,17). The summed E-state index contributed by atoms with van der Waals surface area (Å²) in [5, 5.41) is 9.85. The highest BCUT2D eigenvalue weighted by atomic mass is 32.1. The number of carboxylic acid groups (broad SMARTS) is 1. The number of aryl methyl sites for hydroxylation is 2. The SMILES string of the molecule is Cc1nc(C)c(C(=O)N2CCC(N)(C(=O)O)C2)s1. The first-order chi connectivity index (χ1) is 8.33. The van der Waals surface area contributed by atoms with Crippen LogP contribution in [-0.2, 0) is 4.79 Å². The van der Waals surface area contributed by atoms with Gasteiger partial charge in [0.15, 0.2) is 0 Å². The third kappa shape index (κ3) is 2.11. The van der Waals surface area contributed by atoms with Gasteiger partial charge < -0.3 is 15.7 Å². The van der Waals surface area contributed by atoms with Crippen molar-refractivity contribution in [1.82, 2.24) is 9.88 Å². The molecule has 1 aliphatic rings. The topological polar surface area (TPSA) is 96.5 Å². The second-order valence-electron chi connectivity index (χ2n) is 4.59. The lowest BCUT2D eigenvalue weighted by molar-refractivity contribution is -0.142. The van der Waals surface area contributed by atoms with Crippen LogP contribution < -0.4 is 5.73 Å². The minimum atomic E-state index is -1.32. The molecular formula is C11H15N3O3S. The van der Waals surface area contributed by atoms with Crippen molar-refractivity contribution in [3.05, 3.63) is 15.6 Å². The number of aliphatic carboxylic acids is 1. The van der Waals surface area contributed by atoms with E-state index in [4.69, 9.17) is 10.8 Å². The number of hydrogen-bond acceptors (Lipinski definition) is 5. The fraction of sp³-hybridized carbons (Fsp3) is 0.545. The molecule has 0 spiro atoms. The van der Waals surface area contributed by atoms with Crippen LogP contribution in [0.3, 0.4) is 0 Å². The van der Waals surface area contributed by atoms with Crippen LogP contribution in [0.5, 0.6) is 0 Å². The van der Waals surface area contributed by atoms with Crippen LogP contribution in [0.15, 0.2) is 0 Å². The van der Waals surface area contributed by atoms with E-state index < -0.39 is 11.5 Å². The Kier molecular flexibility index (Phi) is 3.12. The van der Waals surface area contributed by atoms with Gasteiger partial charge in [0, 0.05) is 13.1 Å². The Hall–Kier alpha value is -1.47. The number of carbonyl (C=O) groups is 2. The van der Waals surface area contributed by atoms with Crippen LogP contribution in [0, 0.1) is 13.8 Å². The molecular weight excluding hydrogens is 254 g/mol. The molecule has 0 saturated carbocycles. The smallest absolute Gasteiger partial charge is 0.325 e. The first-order valence-corrected chi connectivity index (χ1v) is 6.41. The van der Waals surface area contributed by atoms with E-state index in [1.807, 2.05) is 6.92 Å². The number of nitrogens with zero attached hydrogens (tertiary/aromatic N) is 2. The van der Waals surface area contributed by atoms with Crippen molar-refractivity contribution in [3.63, 3.8) is 0 Å². The summed E-state index contributed by atoms with van der Waals surface area (Å²) in [7, 11) is 0. The Morgan fingerprint density at radius 3 is 2.61 bits per heavy atom. The van der Waals surface area contributed by atoms with Gasteiger partial charge in [-0.2, -0.15) is 0 Å². The summed E-state index contributed by atoms with van der Waals surface area (Å²) in [5.41, 5.74) is 5.12. The van der Waals surface area contributed by atoms with Gasteiger partial charge in [0.1, 0.15) is 10.4 Å². The van der Waals surface area contributed by atoms with E-state index in [0.29, 0.717) is 17.1 Å². The van der Waals surface area contributed by atoms with Crippen molar-refractivity contribution >= 4 is 23.2 Å². The number of carbonyl (C=O) groups excluding carboxylic acids is 1. The second-order valence-corrected chi connectivity index (χ2v) is 5.79. The quantitative estimate of drug-likeness (QED) is 0.809. The van der Waals surface area contributed by atoms with Gasteiger partial charge in [-0.3, -0.25) is 9.59 Å². The van der Waals surface area contributed by atoms with Crippen LogP contribution in [0.25, 0.3) is 0 Å². The zero-order valence-corrected chi connectivity index (χ0v) is 11.1. The molecule has 1 aliphatic heterocycles. The number of carboxylic acids is 1. The molecule has 1 fully saturated rings. The lowest BCUT2D eigenvalue weighted by atomic mass is 10.0. The molecule has 1 atom stereocenters. The van der Waals surface area contributed by atoms with Crippen LogP contribution in [0.4, 0.5) is 0 Å². The number of hydrogen-bond donors (Lipinski definition) is 2. The number of nitrogens with two attached hydrogens (primary N) is 1. The van der Waals surface area contributed by atoms with Crippen molar-refractivity contribution in [3.8, 4) is 0 Å². The first kappa shape index (κ1) is 13.0. The van der Waals surface area contributed by atoms with Gasteiger partial charge in [0.05, 0.1) is 10.7 Å². The Morgan fingerprint density at radius 2 is 2.17 bits per heavy atom. The van der Waals surface area contributed by atoms with Gasteiger partial charge in [0.2, 0.25) is 0 Å². The van der Waals surface area contributed by atoms with Gasteiger partial charge in [-0.25, -0.2) is 4.98 Å². The number of aromatic nitrogens is 1. The summed E-state index contributed by atoms with van der Waals surface area (Å²) in [6, 6.07) is 0. The highest BCUT2D eigenvalue weighted by molar-refractivity contribution is 7.13. The van der Waals surface area contributed by atoms with Crippen LogP contribution in [0.1, 0.15) is 26.8 Å². The minimum Gasteiger partial charge on any atom is -0.480 e. The molecule has 2 rings (SSSR count). The molecule has 98 valence electrons. The van der Waals surface area contributed by atoms with Gasteiger partial charge >= 0.3 is 5.97 Å². The van der Waals surface area contributed by atoms with E-state index in [9.17, 15) is 9.59 Å². The molecule has 18 heavy (non-hydrogen) atoms. The normalized spacial score (nSPS) is 23.4. The van der Waals surface area contributed by atoms with Crippen molar-refractivity contribution in [2.75, 3.05) is 13.1 Å². The van der Waals surface area contributed by atoms with Crippen LogP contribution >= 0.6 is 11.3 Å². The monoisotopic (exact) mass is 269 g/mol. The molecule has 6 nitrogen and oxygen atoms in total. The maximum Gasteiger partial charge on any atom is 0.325 e. The van der Waals surface area contributed by atoms with E-state index in [1.165, 1.54) is 16.2 Å². The van der Waals surface area contributed by atoms with E-state index in [1.54, 1.807) is 6.92 Å². The van der Waals surface area contributed by atoms with E-state index in [0.717, 1.165) is 5.01 Å². The zero-order chi connectivity index (χ0) is 13.5. The highest BCUT2D eigenvalue weighted by Crippen LogP contribution is 2.25. The Morgan fingerprint density at radius 1 is 1.50 bits per heavy atom. The molecule has 2 heterocycles. The predicted octanol–water partition coefficient (Wildman–Crippen LogP) is 0.388. The average Bonchev–Trinajstić information content (AvgIpc) is 2.82.